The van der Waals surface area contributed by atoms with E-state index in [-0.39, 0.29) is 6.61 Å². The second-order valence-corrected chi connectivity index (χ2v) is 6.58. The van der Waals surface area contributed by atoms with Crippen molar-refractivity contribution in [2.24, 2.45) is 11.8 Å². The van der Waals surface area contributed by atoms with Crippen LogP contribution in [0.3, 0.4) is 0 Å². The number of ether oxygens (including phenoxy) is 4. The molecule has 1 aliphatic rings. The Kier molecular flexibility index (Phi) is 6.54. The molecule has 0 spiro atoms. The third-order valence-electron chi connectivity index (χ3n) is 4.79. The summed E-state index contributed by atoms with van der Waals surface area (Å²) in [5, 5.41) is 0. The van der Waals surface area contributed by atoms with Gasteiger partial charge in [-0.3, -0.25) is 9.59 Å². The molecule has 0 unspecified atom stereocenters. The summed E-state index contributed by atoms with van der Waals surface area (Å²) in [6, 6.07) is 15.0. The molecule has 1 fully saturated rings. The first-order valence-corrected chi connectivity index (χ1v) is 9.43. The molecule has 6 nitrogen and oxygen atoms in total. The van der Waals surface area contributed by atoms with Crippen LogP contribution < -0.4 is 9.47 Å². The Labute approximate surface area is 170 Å². The predicted molar refractivity (Wildman–Crippen MR) is 106 cm³/mol. The zero-order valence-electron chi connectivity index (χ0n) is 16.5. The van der Waals surface area contributed by atoms with Crippen molar-refractivity contribution in [3.8, 4) is 11.5 Å². The van der Waals surface area contributed by atoms with Gasteiger partial charge in [-0.2, -0.15) is 0 Å². The van der Waals surface area contributed by atoms with E-state index in [4.69, 9.17) is 18.9 Å². The molecule has 1 saturated heterocycles. The highest BCUT2D eigenvalue weighted by atomic mass is 16.6. The minimum atomic E-state index is -0.791. The number of cyclic esters (lactones) is 1. The second-order valence-electron chi connectivity index (χ2n) is 6.58. The second kappa shape index (κ2) is 9.28. The maximum Gasteiger partial charge on any atom is 0.314 e. The van der Waals surface area contributed by atoms with Gasteiger partial charge in [-0.25, -0.2) is 0 Å². The third kappa shape index (κ3) is 4.42. The summed E-state index contributed by atoms with van der Waals surface area (Å²) in [7, 11) is 1.53. The van der Waals surface area contributed by atoms with Crippen LogP contribution in [0.5, 0.6) is 11.5 Å². The highest BCUT2D eigenvalue weighted by Crippen LogP contribution is 2.43. The van der Waals surface area contributed by atoms with Gasteiger partial charge in [0.1, 0.15) is 18.6 Å². The number of hydrogen-bond acceptors (Lipinski definition) is 6. The van der Waals surface area contributed by atoms with Crippen LogP contribution >= 0.6 is 0 Å². The molecule has 3 rings (SSSR count). The van der Waals surface area contributed by atoms with Gasteiger partial charge in [0.25, 0.3) is 0 Å². The van der Waals surface area contributed by atoms with E-state index in [9.17, 15) is 9.59 Å². The molecule has 0 aromatic heterocycles. The fourth-order valence-corrected chi connectivity index (χ4v) is 3.35. The van der Waals surface area contributed by atoms with Gasteiger partial charge in [0, 0.05) is 0 Å². The van der Waals surface area contributed by atoms with Crippen molar-refractivity contribution < 1.29 is 28.5 Å². The summed E-state index contributed by atoms with van der Waals surface area (Å²) in [4.78, 5) is 24.7. The first-order valence-electron chi connectivity index (χ1n) is 9.43. The fourth-order valence-electron chi connectivity index (χ4n) is 3.35. The lowest BCUT2D eigenvalue weighted by atomic mass is 9.87. The van der Waals surface area contributed by atoms with Gasteiger partial charge in [0.2, 0.25) is 0 Å². The summed E-state index contributed by atoms with van der Waals surface area (Å²) < 4.78 is 22.0. The average molecular weight is 396 g/mol. The molecule has 0 bridgehead atoms. The monoisotopic (exact) mass is 396 g/mol. The summed E-state index contributed by atoms with van der Waals surface area (Å²) in [6.45, 7) is 5.99. The minimum Gasteiger partial charge on any atom is -0.493 e. The molecular weight excluding hydrogens is 372 g/mol. The van der Waals surface area contributed by atoms with Crippen LogP contribution in [0.25, 0.3) is 0 Å². The Morgan fingerprint density at radius 3 is 2.59 bits per heavy atom. The largest absolute Gasteiger partial charge is 0.493 e. The van der Waals surface area contributed by atoms with E-state index in [1.807, 2.05) is 30.3 Å². The van der Waals surface area contributed by atoms with Gasteiger partial charge in [-0.15, -0.1) is 6.58 Å². The van der Waals surface area contributed by atoms with Crippen molar-refractivity contribution in [2.45, 2.75) is 19.6 Å². The smallest absolute Gasteiger partial charge is 0.314 e. The van der Waals surface area contributed by atoms with Crippen molar-refractivity contribution in [1.82, 2.24) is 0 Å². The number of rotatable bonds is 8. The Morgan fingerprint density at radius 2 is 1.93 bits per heavy atom. The first-order chi connectivity index (χ1) is 14.1. The van der Waals surface area contributed by atoms with Crippen molar-refractivity contribution in [3.05, 3.63) is 72.3 Å². The van der Waals surface area contributed by atoms with Crippen molar-refractivity contribution >= 4 is 11.9 Å². The Morgan fingerprint density at radius 1 is 1.17 bits per heavy atom. The molecule has 0 radical (unpaired) electrons. The maximum atomic E-state index is 12.5. The number of carbonyl (C=O) groups is 2. The quantitative estimate of drug-likeness (QED) is 0.499. The zero-order chi connectivity index (χ0) is 20.8. The van der Waals surface area contributed by atoms with E-state index < -0.39 is 29.9 Å². The maximum absolute atomic E-state index is 12.5. The molecule has 2 aromatic rings. The van der Waals surface area contributed by atoms with E-state index in [1.54, 1.807) is 25.1 Å². The molecule has 0 amide bonds. The van der Waals surface area contributed by atoms with E-state index >= 15 is 0 Å². The van der Waals surface area contributed by atoms with Crippen molar-refractivity contribution in [3.63, 3.8) is 0 Å². The number of hydrogen-bond donors (Lipinski definition) is 0. The normalized spacial score (nSPS) is 20.6. The van der Waals surface area contributed by atoms with Gasteiger partial charge in [0.15, 0.2) is 11.5 Å². The van der Waals surface area contributed by atoms with Crippen LogP contribution in [-0.2, 0) is 25.7 Å². The van der Waals surface area contributed by atoms with Gasteiger partial charge in [-0.1, -0.05) is 42.5 Å². The summed E-state index contributed by atoms with van der Waals surface area (Å²) in [5.41, 5.74) is 1.66. The number of esters is 2. The summed E-state index contributed by atoms with van der Waals surface area (Å²) in [6.07, 6.45) is 0.653. The Bertz CT molecular complexity index is 876. The predicted octanol–water partition coefficient (Wildman–Crippen LogP) is 3.85. The van der Waals surface area contributed by atoms with Crippen LogP contribution in [-0.4, -0.2) is 25.7 Å². The molecule has 1 heterocycles. The highest BCUT2D eigenvalue weighted by molar-refractivity contribution is 5.87. The number of carbonyl (C=O) groups excluding carboxylic acids is 2. The van der Waals surface area contributed by atoms with Crippen molar-refractivity contribution in [1.29, 1.82) is 0 Å². The summed E-state index contributed by atoms with van der Waals surface area (Å²) in [5.74, 6) is -1.49. The molecule has 0 aliphatic carbocycles. The molecule has 1 aliphatic heterocycles. The van der Waals surface area contributed by atoms with Gasteiger partial charge in [-0.05, 0) is 30.2 Å². The van der Waals surface area contributed by atoms with Gasteiger partial charge >= 0.3 is 11.9 Å². The molecule has 3 atom stereocenters. The van der Waals surface area contributed by atoms with Crippen LogP contribution in [0.2, 0.25) is 0 Å². The lowest BCUT2D eigenvalue weighted by molar-refractivity contribution is -0.150. The number of benzene rings is 2. The lowest BCUT2D eigenvalue weighted by Gasteiger charge is -2.20. The molecule has 6 heteroatoms. The Balaban J connectivity index is 1.84. The molecule has 29 heavy (non-hydrogen) atoms. The third-order valence-corrected chi connectivity index (χ3v) is 4.79. The topological polar surface area (TPSA) is 71.1 Å². The van der Waals surface area contributed by atoms with Crippen LogP contribution in [0.1, 0.15) is 24.2 Å². The minimum absolute atomic E-state index is 0.218. The molecule has 2 aromatic carbocycles. The lowest BCUT2D eigenvalue weighted by Crippen LogP contribution is -2.26. The van der Waals surface area contributed by atoms with E-state index in [1.165, 1.54) is 13.2 Å². The Hall–Kier alpha value is -3.28. The van der Waals surface area contributed by atoms with E-state index in [0.29, 0.717) is 23.7 Å². The first kappa shape index (κ1) is 20.5. The van der Waals surface area contributed by atoms with Crippen LogP contribution in [0.4, 0.5) is 0 Å². The number of methoxy groups -OCH3 is 1. The van der Waals surface area contributed by atoms with E-state index in [0.717, 1.165) is 5.56 Å². The van der Waals surface area contributed by atoms with Gasteiger partial charge < -0.3 is 18.9 Å². The summed E-state index contributed by atoms with van der Waals surface area (Å²) >= 11 is 0. The zero-order valence-corrected chi connectivity index (χ0v) is 16.5. The molecular formula is C23H24O6. The van der Waals surface area contributed by atoms with Crippen LogP contribution in [0.15, 0.2) is 61.2 Å². The molecule has 0 saturated carbocycles. The SMILES string of the molecule is C=C[C@H]1C(=O)O[C@@H](c2ccc(OCc3ccccc3)c(OC)c2)[C@@H]1C(=O)OCC. The standard InChI is InChI=1S/C23H24O6/c1-4-17-20(23(25)27-5-2)21(29-22(17)24)16-11-12-18(19(13-16)26-3)28-14-15-9-7-6-8-10-15/h4,6-13,17,20-21H,1,5,14H2,2-3H3/t17-,20-,21+/m1/s1. The van der Waals surface area contributed by atoms with E-state index in [2.05, 4.69) is 6.58 Å². The highest BCUT2D eigenvalue weighted by Gasteiger charge is 2.49. The average Bonchev–Trinajstić information content (AvgIpc) is 3.09. The van der Waals surface area contributed by atoms with Crippen LogP contribution in [0, 0.1) is 11.8 Å². The molecule has 152 valence electrons. The van der Waals surface area contributed by atoms with Gasteiger partial charge in [0.05, 0.1) is 19.6 Å². The molecule has 0 N–H and O–H groups in total. The van der Waals surface area contributed by atoms with Crippen molar-refractivity contribution in [2.75, 3.05) is 13.7 Å². The fraction of sp³-hybridized carbons (Fsp3) is 0.304.